The molecule has 0 bridgehead atoms. The van der Waals surface area contributed by atoms with Gasteiger partial charge in [0.15, 0.2) is 0 Å². The van der Waals surface area contributed by atoms with Crippen LogP contribution in [0.5, 0.6) is 0 Å². The Balaban J connectivity index is 1.93. The second-order valence-electron chi connectivity index (χ2n) is 6.15. The van der Waals surface area contributed by atoms with Crippen molar-refractivity contribution in [2.24, 2.45) is 5.73 Å². The number of hydrogen-bond donors (Lipinski definition) is 1. The molecule has 0 aromatic heterocycles. The van der Waals surface area contributed by atoms with Crippen LogP contribution in [0.2, 0.25) is 0 Å². The summed E-state index contributed by atoms with van der Waals surface area (Å²) in [4.78, 5) is 4.98. The van der Waals surface area contributed by atoms with Crippen molar-refractivity contribution in [3.8, 4) is 0 Å². The van der Waals surface area contributed by atoms with E-state index in [1.165, 1.54) is 37.2 Å². The lowest BCUT2D eigenvalue weighted by atomic mass is 10.1. The van der Waals surface area contributed by atoms with Gasteiger partial charge in [-0.05, 0) is 57.0 Å². The second kappa shape index (κ2) is 7.09. The highest BCUT2D eigenvalue weighted by Gasteiger charge is 2.24. The predicted molar refractivity (Wildman–Crippen MR) is 87.3 cm³/mol. The van der Waals surface area contributed by atoms with Gasteiger partial charge in [-0.2, -0.15) is 0 Å². The molecule has 1 aromatic carbocycles. The Morgan fingerprint density at radius 2 is 2.05 bits per heavy atom. The molecule has 2 unspecified atom stereocenters. The standard InChI is InChI=1S/C17H29N3/c1-4-20-11-5-6-17(20)13-19(3)16-9-7-15(8-10-16)12-14(2)18/h7-10,14,17H,4-6,11-13,18H2,1-3H3. The van der Waals surface area contributed by atoms with Crippen molar-refractivity contribution in [3.63, 3.8) is 0 Å². The predicted octanol–water partition coefficient (Wildman–Crippen LogP) is 2.50. The summed E-state index contributed by atoms with van der Waals surface area (Å²) in [5.41, 5.74) is 8.48. The minimum Gasteiger partial charge on any atom is -0.373 e. The van der Waals surface area contributed by atoms with Crippen molar-refractivity contribution in [2.75, 3.05) is 31.6 Å². The summed E-state index contributed by atoms with van der Waals surface area (Å²) in [6.45, 7) is 7.88. The quantitative estimate of drug-likeness (QED) is 0.866. The first-order valence-electron chi connectivity index (χ1n) is 7.90. The van der Waals surface area contributed by atoms with Crippen LogP contribution >= 0.6 is 0 Å². The van der Waals surface area contributed by atoms with Gasteiger partial charge in [-0.3, -0.25) is 4.90 Å². The summed E-state index contributed by atoms with van der Waals surface area (Å²) in [5, 5.41) is 0. The Hall–Kier alpha value is -1.06. The van der Waals surface area contributed by atoms with Crippen molar-refractivity contribution in [1.82, 2.24) is 4.90 Å². The number of likely N-dealkylation sites (tertiary alicyclic amines) is 1. The molecular formula is C17H29N3. The van der Waals surface area contributed by atoms with E-state index in [1.807, 2.05) is 0 Å². The summed E-state index contributed by atoms with van der Waals surface area (Å²) in [6.07, 6.45) is 3.64. The first kappa shape index (κ1) is 15.3. The molecule has 1 saturated heterocycles. The van der Waals surface area contributed by atoms with Crippen molar-refractivity contribution in [3.05, 3.63) is 29.8 Å². The first-order chi connectivity index (χ1) is 9.60. The molecule has 2 N–H and O–H groups in total. The van der Waals surface area contributed by atoms with Gasteiger partial charge in [-0.15, -0.1) is 0 Å². The van der Waals surface area contributed by atoms with E-state index in [0.717, 1.165) is 13.0 Å². The maximum atomic E-state index is 5.85. The van der Waals surface area contributed by atoms with E-state index >= 15 is 0 Å². The monoisotopic (exact) mass is 275 g/mol. The van der Waals surface area contributed by atoms with Gasteiger partial charge in [0, 0.05) is 31.4 Å². The third-order valence-electron chi connectivity index (χ3n) is 4.32. The summed E-state index contributed by atoms with van der Waals surface area (Å²) in [5.74, 6) is 0. The summed E-state index contributed by atoms with van der Waals surface area (Å²) in [6, 6.07) is 9.82. The minimum atomic E-state index is 0.232. The molecule has 3 heteroatoms. The smallest absolute Gasteiger partial charge is 0.0364 e. The van der Waals surface area contributed by atoms with Gasteiger partial charge in [0.25, 0.3) is 0 Å². The van der Waals surface area contributed by atoms with Gasteiger partial charge in [-0.1, -0.05) is 19.1 Å². The lowest BCUT2D eigenvalue weighted by Gasteiger charge is -2.29. The number of hydrogen-bond acceptors (Lipinski definition) is 3. The fourth-order valence-corrected chi connectivity index (χ4v) is 3.20. The van der Waals surface area contributed by atoms with Crippen LogP contribution in [0.4, 0.5) is 5.69 Å². The van der Waals surface area contributed by atoms with E-state index in [0.29, 0.717) is 6.04 Å². The fourth-order valence-electron chi connectivity index (χ4n) is 3.20. The van der Waals surface area contributed by atoms with E-state index in [1.54, 1.807) is 0 Å². The number of benzene rings is 1. The van der Waals surface area contributed by atoms with Gasteiger partial charge < -0.3 is 10.6 Å². The molecule has 1 aliphatic rings. The number of likely N-dealkylation sites (N-methyl/N-ethyl adjacent to an activating group) is 2. The van der Waals surface area contributed by atoms with Crippen LogP contribution in [-0.4, -0.2) is 43.7 Å². The Morgan fingerprint density at radius 3 is 2.65 bits per heavy atom. The molecule has 1 fully saturated rings. The van der Waals surface area contributed by atoms with Crippen LogP contribution in [0.1, 0.15) is 32.3 Å². The van der Waals surface area contributed by atoms with Crippen LogP contribution in [0.25, 0.3) is 0 Å². The maximum Gasteiger partial charge on any atom is 0.0364 e. The molecule has 0 spiro atoms. The average Bonchev–Trinajstić information content (AvgIpc) is 2.86. The zero-order valence-corrected chi connectivity index (χ0v) is 13.2. The zero-order valence-electron chi connectivity index (χ0n) is 13.2. The van der Waals surface area contributed by atoms with Crippen molar-refractivity contribution >= 4 is 5.69 Å². The van der Waals surface area contributed by atoms with Crippen LogP contribution in [0.3, 0.4) is 0 Å². The molecule has 112 valence electrons. The van der Waals surface area contributed by atoms with E-state index in [2.05, 4.69) is 55.0 Å². The third-order valence-corrected chi connectivity index (χ3v) is 4.32. The van der Waals surface area contributed by atoms with Gasteiger partial charge >= 0.3 is 0 Å². The van der Waals surface area contributed by atoms with Crippen LogP contribution in [-0.2, 0) is 6.42 Å². The zero-order chi connectivity index (χ0) is 14.5. The van der Waals surface area contributed by atoms with Crippen molar-refractivity contribution in [2.45, 2.75) is 45.2 Å². The Bertz CT molecular complexity index is 399. The highest BCUT2D eigenvalue weighted by atomic mass is 15.2. The molecule has 0 aliphatic carbocycles. The molecule has 20 heavy (non-hydrogen) atoms. The van der Waals surface area contributed by atoms with Crippen LogP contribution in [0, 0.1) is 0 Å². The van der Waals surface area contributed by atoms with E-state index < -0.39 is 0 Å². The summed E-state index contributed by atoms with van der Waals surface area (Å²) in [7, 11) is 2.20. The Labute approximate surface area is 123 Å². The Morgan fingerprint density at radius 1 is 1.35 bits per heavy atom. The summed E-state index contributed by atoms with van der Waals surface area (Å²) >= 11 is 0. The Kier molecular flexibility index (Phi) is 5.44. The molecule has 0 amide bonds. The second-order valence-corrected chi connectivity index (χ2v) is 6.15. The molecule has 2 atom stereocenters. The van der Waals surface area contributed by atoms with Crippen molar-refractivity contribution < 1.29 is 0 Å². The lowest BCUT2D eigenvalue weighted by Crippen LogP contribution is -2.38. The normalized spacial score (nSPS) is 21.1. The first-order valence-corrected chi connectivity index (χ1v) is 7.90. The van der Waals surface area contributed by atoms with Gasteiger partial charge in [0.05, 0.1) is 0 Å². The number of rotatable bonds is 6. The molecule has 2 rings (SSSR count). The summed E-state index contributed by atoms with van der Waals surface area (Å²) < 4.78 is 0. The topological polar surface area (TPSA) is 32.5 Å². The highest BCUT2D eigenvalue weighted by molar-refractivity contribution is 5.47. The van der Waals surface area contributed by atoms with Gasteiger partial charge in [0.1, 0.15) is 0 Å². The minimum absolute atomic E-state index is 0.232. The van der Waals surface area contributed by atoms with Gasteiger partial charge in [0.2, 0.25) is 0 Å². The molecular weight excluding hydrogens is 246 g/mol. The van der Waals surface area contributed by atoms with Gasteiger partial charge in [-0.25, -0.2) is 0 Å². The highest BCUT2D eigenvalue weighted by Crippen LogP contribution is 2.21. The molecule has 0 radical (unpaired) electrons. The van der Waals surface area contributed by atoms with Crippen molar-refractivity contribution in [1.29, 1.82) is 0 Å². The van der Waals surface area contributed by atoms with Crippen LogP contribution < -0.4 is 10.6 Å². The molecule has 1 aliphatic heterocycles. The molecule has 3 nitrogen and oxygen atoms in total. The molecule has 0 saturated carbocycles. The fraction of sp³-hybridized carbons (Fsp3) is 0.647. The SMILES string of the molecule is CCN1CCCC1CN(C)c1ccc(CC(C)N)cc1. The number of nitrogens with two attached hydrogens (primary N) is 1. The lowest BCUT2D eigenvalue weighted by molar-refractivity contribution is 0.270. The molecule has 1 aromatic rings. The maximum absolute atomic E-state index is 5.85. The largest absolute Gasteiger partial charge is 0.373 e. The molecule has 1 heterocycles. The third kappa shape index (κ3) is 3.97. The van der Waals surface area contributed by atoms with E-state index in [-0.39, 0.29) is 6.04 Å². The van der Waals surface area contributed by atoms with E-state index in [4.69, 9.17) is 5.73 Å². The van der Waals surface area contributed by atoms with Crippen LogP contribution in [0.15, 0.2) is 24.3 Å². The average molecular weight is 275 g/mol. The number of nitrogens with zero attached hydrogens (tertiary/aromatic N) is 2. The number of anilines is 1. The van der Waals surface area contributed by atoms with E-state index in [9.17, 15) is 0 Å².